The van der Waals surface area contributed by atoms with Crippen LogP contribution in [-0.2, 0) is 16.0 Å². The summed E-state index contributed by atoms with van der Waals surface area (Å²) < 4.78 is 13.5. The van der Waals surface area contributed by atoms with Crippen molar-refractivity contribution in [3.63, 3.8) is 0 Å². The molecule has 0 spiro atoms. The summed E-state index contributed by atoms with van der Waals surface area (Å²) in [6.45, 7) is 5.23. The van der Waals surface area contributed by atoms with E-state index in [0.717, 1.165) is 83.9 Å². The van der Waals surface area contributed by atoms with Crippen LogP contribution in [0.15, 0.2) is 103 Å². The number of aromatic nitrogens is 4. The van der Waals surface area contributed by atoms with Crippen molar-refractivity contribution in [1.82, 2.24) is 24.3 Å². The lowest BCUT2D eigenvalue weighted by Crippen LogP contribution is -2.37. The number of nitrogens with zero attached hydrogens (tertiary/aromatic N) is 5. The summed E-state index contributed by atoms with van der Waals surface area (Å²) in [6, 6.07) is 27.2. The molecular weight excluding hydrogens is 611 g/mol. The van der Waals surface area contributed by atoms with E-state index >= 15 is 0 Å². The van der Waals surface area contributed by atoms with Crippen LogP contribution in [0.25, 0.3) is 27.6 Å². The number of ether oxygens (including phenoxy) is 2. The molecule has 0 saturated carbocycles. The highest BCUT2D eigenvalue weighted by Crippen LogP contribution is 2.35. The zero-order valence-corrected chi connectivity index (χ0v) is 26.7. The Labute approximate surface area is 277 Å². The van der Waals surface area contributed by atoms with Crippen molar-refractivity contribution in [3.05, 3.63) is 108 Å². The van der Waals surface area contributed by atoms with Crippen LogP contribution in [0, 0.1) is 0 Å². The van der Waals surface area contributed by atoms with Crippen LogP contribution < -0.4 is 15.4 Å². The van der Waals surface area contributed by atoms with Crippen molar-refractivity contribution in [1.29, 1.82) is 0 Å². The lowest BCUT2D eigenvalue weighted by molar-refractivity contribution is -0.115. The fourth-order valence-electron chi connectivity index (χ4n) is 5.61. The molecular formula is C36H35N7O3S. The fraction of sp³-hybridized carbons (Fsp3) is 0.222. The van der Waals surface area contributed by atoms with E-state index in [1.807, 2.05) is 101 Å². The highest BCUT2D eigenvalue weighted by molar-refractivity contribution is 7.15. The summed E-state index contributed by atoms with van der Waals surface area (Å²) in [5.74, 6) is 1.18. The Morgan fingerprint density at radius 1 is 0.936 bits per heavy atom. The number of carbonyl (C=O) groups excluding carboxylic acids is 1. The zero-order chi connectivity index (χ0) is 31.8. The molecule has 4 heterocycles. The molecule has 10 nitrogen and oxygen atoms in total. The molecule has 2 N–H and O–H groups in total. The Balaban J connectivity index is 1.07. The van der Waals surface area contributed by atoms with Gasteiger partial charge in [0.1, 0.15) is 11.4 Å². The average molecular weight is 646 g/mol. The predicted octanol–water partition coefficient (Wildman–Crippen LogP) is 6.55. The van der Waals surface area contributed by atoms with E-state index in [1.54, 1.807) is 17.5 Å². The molecule has 0 radical (unpaired) electrons. The molecule has 11 heteroatoms. The first-order valence-electron chi connectivity index (χ1n) is 15.7. The lowest BCUT2D eigenvalue weighted by atomic mass is 10.1. The van der Waals surface area contributed by atoms with E-state index in [-0.39, 0.29) is 5.91 Å². The number of hydrogen-bond donors (Lipinski definition) is 2. The molecule has 1 fully saturated rings. The van der Waals surface area contributed by atoms with Gasteiger partial charge in [-0.15, -0.1) is 11.3 Å². The van der Waals surface area contributed by atoms with Gasteiger partial charge in [0.2, 0.25) is 11.9 Å². The highest BCUT2D eigenvalue weighted by atomic mass is 32.1. The second-order valence-electron chi connectivity index (χ2n) is 11.2. The van der Waals surface area contributed by atoms with Crippen LogP contribution in [0.3, 0.4) is 0 Å². The Hall–Kier alpha value is -5.10. The normalized spacial score (nSPS) is 13.4. The minimum Gasteiger partial charge on any atom is -0.493 e. The molecule has 0 bridgehead atoms. The maximum absolute atomic E-state index is 12.8. The van der Waals surface area contributed by atoms with E-state index in [9.17, 15) is 4.79 Å². The van der Waals surface area contributed by atoms with E-state index in [1.165, 1.54) is 0 Å². The van der Waals surface area contributed by atoms with Gasteiger partial charge >= 0.3 is 0 Å². The molecule has 238 valence electrons. The number of benzene rings is 3. The van der Waals surface area contributed by atoms with Crippen LogP contribution in [0.4, 0.5) is 17.3 Å². The van der Waals surface area contributed by atoms with Crippen LogP contribution in [-0.4, -0.2) is 69.6 Å². The number of nitrogens with one attached hydrogen (secondary N) is 2. The van der Waals surface area contributed by atoms with Gasteiger partial charge in [-0.1, -0.05) is 48.5 Å². The number of anilines is 3. The van der Waals surface area contributed by atoms with Crippen molar-refractivity contribution in [2.24, 2.45) is 0 Å². The van der Waals surface area contributed by atoms with Gasteiger partial charge < -0.3 is 20.1 Å². The molecule has 1 aliphatic rings. The van der Waals surface area contributed by atoms with Gasteiger partial charge in [-0.25, -0.2) is 15.0 Å². The molecule has 47 heavy (non-hydrogen) atoms. The number of imidazole rings is 1. The zero-order valence-electron chi connectivity index (χ0n) is 25.8. The Morgan fingerprint density at radius 3 is 2.68 bits per heavy atom. The summed E-state index contributed by atoms with van der Waals surface area (Å²) in [4.78, 5) is 30.4. The standard InChI is InChI=1S/C36H35N7O3S/c44-32(23-26-7-2-1-3-8-26)38-28-10-4-9-27(24-28)33-34(43-18-22-47-36(43)41-33)31-13-14-37-35(40-31)39-29-11-5-12-30(25-29)46-19-6-15-42-16-20-45-21-17-42/h1-5,7-14,18,22,24-25H,6,15-17,19-21,23H2,(H,38,44)(H,37,39,40). The first kappa shape index (κ1) is 30.5. The molecule has 6 aromatic rings. The number of thiazole rings is 1. The van der Waals surface area contributed by atoms with Gasteiger partial charge in [0, 0.05) is 60.4 Å². The maximum Gasteiger partial charge on any atom is 0.228 e. The fourth-order valence-corrected chi connectivity index (χ4v) is 6.32. The first-order valence-corrected chi connectivity index (χ1v) is 16.6. The summed E-state index contributed by atoms with van der Waals surface area (Å²) in [7, 11) is 0. The minimum atomic E-state index is -0.0756. The van der Waals surface area contributed by atoms with Crippen molar-refractivity contribution in [2.75, 3.05) is 50.1 Å². The lowest BCUT2D eigenvalue weighted by Gasteiger charge is -2.26. The van der Waals surface area contributed by atoms with Gasteiger partial charge in [0.15, 0.2) is 4.96 Å². The number of carbonyl (C=O) groups is 1. The topological polar surface area (TPSA) is 106 Å². The molecule has 0 aliphatic carbocycles. The number of hydrogen-bond acceptors (Lipinski definition) is 9. The molecule has 3 aromatic carbocycles. The quantitative estimate of drug-likeness (QED) is 0.145. The molecule has 1 aliphatic heterocycles. The third-order valence-corrected chi connectivity index (χ3v) is 8.63. The first-order chi connectivity index (χ1) is 23.2. The van der Waals surface area contributed by atoms with Crippen molar-refractivity contribution in [3.8, 4) is 28.4 Å². The van der Waals surface area contributed by atoms with Crippen LogP contribution in [0.2, 0.25) is 0 Å². The number of fused-ring (bicyclic) bond motifs is 1. The molecule has 7 rings (SSSR count). The predicted molar refractivity (Wildman–Crippen MR) is 185 cm³/mol. The third kappa shape index (κ3) is 7.66. The van der Waals surface area contributed by atoms with Gasteiger partial charge in [0.05, 0.1) is 37.6 Å². The van der Waals surface area contributed by atoms with E-state index in [2.05, 4.69) is 20.5 Å². The SMILES string of the molecule is O=C(Cc1ccccc1)Nc1cccc(-c2nc3sccn3c2-c2ccnc(Nc3cccc(OCCCN4CCOCC4)c3)n2)c1. The summed E-state index contributed by atoms with van der Waals surface area (Å²) >= 11 is 1.55. The third-order valence-electron chi connectivity index (χ3n) is 7.87. The minimum absolute atomic E-state index is 0.0756. The van der Waals surface area contributed by atoms with Gasteiger partial charge in [0.25, 0.3) is 0 Å². The second-order valence-corrected chi connectivity index (χ2v) is 12.1. The Morgan fingerprint density at radius 2 is 1.79 bits per heavy atom. The number of morpholine rings is 1. The van der Waals surface area contributed by atoms with E-state index < -0.39 is 0 Å². The number of rotatable bonds is 12. The molecule has 0 unspecified atom stereocenters. The summed E-state index contributed by atoms with van der Waals surface area (Å²) in [5, 5.41) is 8.38. The van der Waals surface area contributed by atoms with Gasteiger partial charge in [-0.2, -0.15) is 0 Å². The molecule has 3 aromatic heterocycles. The largest absolute Gasteiger partial charge is 0.493 e. The average Bonchev–Trinajstić information content (AvgIpc) is 3.70. The van der Waals surface area contributed by atoms with Crippen LogP contribution >= 0.6 is 11.3 Å². The van der Waals surface area contributed by atoms with E-state index in [0.29, 0.717) is 24.7 Å². The smallest absolute Gasteiger partial charge is 0.228 e. The van der Waals surface area contributed by atoms with Gasteiger partial charge in [-0.05, 0) is 42.3 Å². The van der Waals surface area contributed by atoms with Crippen molar-refractivity contribution < 1.29 is 14.3 Å². The van der Waals surface area contributed by atoms with Crippen molar-refractivity contribution >= 4 is 39.5 Å². The van der Waals surface area contributed by atoms with Crippen LogP contribution in [0.5, 0.6) is 5.75 Å². The monoisotopic (exact) mass is 645 g/mol. The summed E-state index contributed by atoms with van der Waals surface area (Å²) in [6.07, 6.45) is 4.99. The summed E-state index contributed by atoms with van der Waals surface area (Å²) in [5.41, 5.74) is 5.71. The second kappa shape index (κ2) is 14.5. The molecule has 1 amide bonds. The van der Waals surface area contributed by atoms with Gasteiger partial charge in [-0.3, -0.25) is 14.1 Å². The van der Waals surface area contributed by atoms with Crippen LogP contribution in [0.1, 0.15) is 12.0 Å². The molecule has 1 saturated heterocycles. The number of amides is 1. The highest BCUT2D eigenvalue weighted by Gasteiger charge is 2.19. The molecule has 0 atom stereocenters. The maximum atomic E-state index is 12.8. The van der Waals surface area contributed by atoms with E-state index in [4.69, 9.17) is 19.4 Å². The Kier molecular flexibility index (Phi) is 9.46. The van der Waals surface area contributed by atoms with Crippen molar-refractivity contribution in [2.45, 2.75) is 12.8 Å². The Bertz CT molecular complexity index is 1950.